The van der Waals surface area contributed by atoms with Crippen LogP contribution in [-0.2, 0) is 28.3 Å². The van der Waals surface area contributed by atoms with Crippen LogP contribution in [0.5, 0.6) is 0 Å². The third-order valence-corrected chi connectivity index (χ3v) is 6.92. The van der Waals surface area contributed by atoms with Crippen LogP contribution < -0.4 is 5.32 Å². The van der Waals surface area contributed by atoms with E-state index in [2.05, 4.69) is 5.32 Å². The van der Waals surface area contributed by atoms with Gasteiger partial charge in [-0.3, -0.25) is 19.7 Å². The van der Waals surface area contributed by atoms with Crippen molar-refractivity contribution in [2.45, 2.75) is 31.7 Å². The fourth-order valence-electron chi connectivity index (χ4n) is 3.71. The number of nitrogens with one attached hydrogen (secondary N) is 1. The van der Waals surface area contributed by atoms with Crippen molar-refractivity contribution < 1.29 is 14.5 Å². The quantitative estimate of drug-likeness (QED) is 0.257. The van der Waals surface area contributed by atoms with Crippen LogP contribution in [0, 0.1) is 10.1 Å². The van der Waals surface area contributed by atoms with Gasteiger partial charge in [-0.15, -0.1) is 11.8 Å². The first-order valence-corrected chi connectivity index (χ1v) is 13.1. The average Bonchev–Trinajstić information content (AvgIpc) is 2.88. The van der Waals surface area contributed by atoms with Gasteiger partial charge in [-0.1, -0.05) is 72.3 Å². The van der Waals surface area contributed by atoms with E-state index in [4.69, 9.17) is 11.6 Å². The lowest BCUT2D eigenvalue weighted by Crippen LogP contribution is -2.51. The largest absolute Gasteiger partial charge is 0.355 e. The fourth-order valence-corrected chi connectivity index (χ4v) is 4.78. The minimum atomic E-state index is -0.712. The minimum absolute atomic E-state index is 0.0245. The number of nitrogens with zero attached hydrogens (tertiary/aromatic N) is 2. The molecule has 0 radical (unpaired) electrons. The number of carbonyl (C=O) groups is 2. The maximum Gasteiger partial charge on any atom is 0.269 e. The number of hydrogen-bond acceptors (Lipinski definition) is 5. The van der Waals surface area contributed by atoms with Crippen molar-refractivity contribution in [2.75, 3.05) is 12.3 Å². The van der Waals surface area contributed by atoms with Gasteiger partial charge in [-0.2, -0.15) is 0 Å². The van der Waals surface area contributed by atoms with Crippen molar-refractivity contribution in [2.24, 2.45) is 0 Å². The lowest BCUT2D eigenvalue weighted by Gasteiger charge is -2.31. The number of rotatable bonds is 12. The van der Waals surface area contributed by atoms with E-state index in [1.165, 1.54) is 23.9 Å². The second kappa shape index (κ2) is 13.7. The zero-order valence-electron chi connectivity index (χ0n) is 19.9. The van der Waals surface area contributed by atoms with Gasteiger partial charge in [-0.25, -0.2) is 0 Å². The first-order valence-electron chi connectivity index (χ1n) is 11.5. The SMILES string of the molecule is CCNC(=O)C(Cc1ccccc1)N(Cc1ccccc1Cl)C(=O)CSCc1ccc([N+](=O)[O-])cc1. The number of likely N-dealkylation sites (N-methyl/N-ethyl adjacent to an activating group) is 1. The number of amides is 2. The number of hydrogen-bond donors (Lipinski definition) is 1. The highest BCUT2D eigenvalue weighted by Gasteiger charge is 2.30. The standard InChI is InChI=1S/C27H28ClN3O4S/c1-2-29-27(33)25(16-20-8-4-3-5-9-20)30(17-22-10-6-7-11-24(22)28)26(32)19-36-18-21-12-14-23(15-13-21)31(34)35/h3-15,25H,2,16-19H2,1H3,(H,29,33). The summed E-state index contributed by atoms with van der Waals surface area (Å²) in [6, 6.07) is 22.4. The fraction of sp³-hybridized carbons (Fsp3) is 0.259. The average molecular weight is 526 g/mol. The number of nitro benzene ring substituents is 1. The molecule has 188 valence electrons. The maximum atomic E-state index is 13.5. The molecule has 7 nitrogen and oxygen atoms in total. The number of nitro groups is 1. The number of non-ortho nitro benzene ring substituents is 1. The molecule has 0 bridgehead atoms. The highest BCUT2D eigenvalue weighted by molar-refractivity contribution is 7.99. The van der Waals surface area contributed by atoms with Crippen LogP contribution in [0.1, 0.15) is 23.6 Å². The lowest BCUT2D eigenvalue weighted by molar-refractivity contribution is -0.384. The molecule has 0 aliphatic heterocycles. The summed E-state index contributed by atoms with van der Waals surface area (Å²) >= 11 is 7.80. The molecule has 9 heteroatoms. The highest BCUT2D eigenvalue weighted by Crippen LogP contribution is 2.22. The van der Waals surface area contributed by atoms with Crippen molar-refractivity contribution in [3.05, 3.63) is 111 Å². The Labute approximate surface area is 220 Å². The minimum Gasteiger partial charge on any atom is -0.355 e. The molecule has 0 saturated heterocycles. The topological polar surface area (TPSA) is 92.6 Å². The number of thioether (sulfide) groups is 1. The molecule has 0 aliphatic carbocycles. The molecule has 0 fully saturated rings. The van der Waals surface area contributed by atoms with E-state index in [9.17, 15) is 19.7 Å². The third-order valence-electron chi connectivity index (χ3n) is 5.56. The summed E-state index contributed by atoms with van der Waals surface area (Å²) in [5, 5.41) is 14.3. The van der Waals surface area contributed by atoms with Gasteiger partial charge in [0, 0.05) is 42.4 Å². The molecule has 0 saturated carbocycles. The zero-order chi connectivity index (χ0) is 25.9. The van der Waals surface area contributed by atoms with Crippen molar-refractivity contribution in [1.29, 1.82) is 0 Å². The monoisotopic (exact) mass is 525 g/mol. The molecule has 3 rings (SSSR count). The highest BCUT2D eigenvalue weighted by atomic mass is 35.5. The van der Waals surface area contributed by atoms with E-state index >= 15 is 0 Å². The van der Waals surface area contributed by atoms with Crippen LogP contribution in [0.4, 0.5) is 5.69 Å². The van der Waals surface area contributed by atoms with Crippen molar-refractivity contribution in [3.63, 3.8) is 0 Å². The molecule has 0 spiro atoms. The van der Waals surface area contributed by atoms with Crippen molar-refractivity contribution in [1.82, 2.24) is 10.2 Å². The van der Waals surface area contributed by atoms with E-state index in [1.54, 1.807) is 23.1 Å². The van der Waals surface area contributed by atoms with E-state index < -0.39 is 11.0 Å². The summed E-state index contributed by atoms with van der Waals surface area (Å²) in [7, 11) is 0. The Morgan fingerprint density at radius 3 is 2.31 bits per heavy atom. The van der Waals surface area contributed by atoms with Gasteiger partial charge in [0.05, 0.1) is 10.7 Å². The maximum absolute atomic E-state index is 13.5. The summed E-state index contributed by atoms with van der Waals surface area (Å²) in [6.45, 7) is 2.50. The molecular weight excluding hydrogens is 498 g/mol. The molecule has 0 aromatic heterocycles. The molecule has 3 aromatic carbocycles. The Morgan fingerprint density at radius 2 is 1.67 bits per heavy atom. The summed E-state index contributed by atoms with van der Waals surface area (Å²) < 4.78 is 0. The second-order valence-corrected chi connectivity index (χ2v) is 9.52. The Bertz CT molecular complexity index is 1180. The lowest BCUT2D eigenvalue weighted by atomic mass is 10.0. The Kier molecular flexibility index (Phi) is 10.3. The Balaban J connectivity index is 1.80. The summed E-state index contributed by atoms with van der Waals surface area (Å²) in [4.78, 5) is 38.7. The first-order chi connectivity index (χ1) is 17.4. The van der Waals surface area contributed by atoms with E-state index in [-0.39, 0.29) is 29.8 Å². The summed E-state index contributed by atoms with van der Waals surface area (Å²) in [6.07, 6.45) is 0.371. The summed E-state index contributed by atoms with van der Waals surface area (Å²) in [5.74, 6) is 0.247. The van der Waals surface area contributed by atoms with Gasteiger partial charge in [0.15, 0.2) is 0 Å². The van der Waals surface area contributed by atoms with E-state index in [0.717, 1.165) is 16.7 Å². The predicted octanol–water partition coefficient (Wildman–Crippen LogP) is 5.26. The normalized spacial score (nSPS) is 11.5. The molecule has 0 aliphatic rings. The first kappa shape index (κ1) is 27.2. The van der Waals surface area contributed by atoms with E-state index in [0.29, 0.717) is 23.7 Å². The Hall–Kier alpha value is -3.36. The molecular formula is C27H28ClN3O4S. The molecule has 1 atom stereocenters. The van der Waals surface area contributed by atoms with Gasteiger partial charge >= 0.3 is 0 Å². The van der Waals surface area contributed by atoms with Crippen LogP contribution in [0.2, 0.25) is 5.02 Å². The van der Waals surface area contributed by atoms with Gasteiger partial charge in [0.1, 0.15) is 6.04 Å². The Morgan fingerprint density at radius 1 is 1.00 bits per heavy atom. The third kappa shape index (κ3) is 7.83. The van der Waals surface area contributed by atoms with Crippen LogP contribution in [0.15, 0.2) is 78.9 Å². The van der Waals surface area contributed by atoms with Crippen LogP contribution >= 0.6 is 23.4 Å². The van der Waals surface area contributed by atoms with Gasteiger partial charge in [0.25, 0.3) is 5.69 Å². The van der Waals surface area contributed by atoms with Gasteiger partial charge in [-0.05, 0) is 29.7 Å². The van der Waals surface area contributed by atoms with Crippen molar-refractivity contribution >= 4 is 40.9 Å². The molecule has 0 heterocycles. The molecule has 3 aromatic rings. The van der Waals surface area contributed by atoms with E-state index in [1.807, 2.05) is 55.5 Å². The molecule has 1 N–H and O–H groups in total. The van der Waals surface area contributed by atoms with Crippen LogP contribution in [0.3, 0.4) is 0 Å². The van der Waals surface area contributed by atoms with Crippen LogP contribution in [-0.4, -0.2) is 40.0 Å². The van der Waals surface area contributed by atoms with Gasteiger partial charge < -0.3 is 10.2 Å². The number of halogens is 1. The second-order valence-electron chi connectivity index (χ2n) is 8.13. The predicted molar refractivity (Wildman–Crippen MR) is 144 cm³/mol. The molecule has 2 amide bonds. The molecule has 1 unspecified atom stereocenters. The number of benzene rings is 3. The van der Waals surface area contributed by atoms with Crippen LogP contribution in [0.25, 0.3) is 0 Å². The smallest absolute Gasteiger partial charge is 0.269 e. The molecule has 36 heavy (non-hydrogen) atoms. The number of carbonyl (C=O) groups excluding carboxylic acids is 2. The van der Waals surface area contributed by atoms with Crippen molar-refractivity contribution in [3.8, 4) is 0 Å². The zero-order valence-corrected chi connectivity index (χ0v) is 21.5. The van der Waals surface area contributed by atoms with Gasteiger partial charge in [0.2, 0.25) is 11.8 Å². The summed E-state index contributed by atoms with van der Waals surface area (Å²) in [5.41, 5.74) is 2.61.